The Labute approximate surface area is 337 Å². The molecule has 3 atom stereocenters. The predicted octanol–water partition coefficient (Wildman–Crippen LogP) is 11.4. The van der Waals surface area contributed by atoms with Crippen LogP contribution in [0, 0.1) is 11.8 Å². The van der Waals surface area contributed by atoms with Crippen LogP contribution in [0.25, 0.3) is 0 Å². The summed E-state index contributed by atoms with van der Waals surface area (Å²) in [5, 5.41) is 7.02. The van der Waals surface area contributed by atoms with Gasteiger partial charge in [-0.2, -0.15) is 0 Å². The molecule has 0 aromatic heterocycles. The van der Waals surface area contributed by atoms with Gasteiger partial charge in [0.25, 0.3) is 0 Å². The zero-order valence-corrected chi connectivity index (χ0v) is 36.0. The SMILES string of the molecule is CCCCC(CC)COC(=O)CCCCCCCCC(CCCCCCCCC(=O)OCCC(CC)CCNC)NCCCCC(=O)OCc1ccccc1. The first-order chi connectivity index (χ1) is 26.9. The Morgan fingerprint density at radius 1 is 0.545 bits per heavy atom. The maximum absolute atomic E-state index is 12.2. The number of rotatable bonds is 39. The molecular weight excluding hydrogens is 689 g/mol. The predicted molar refractivity (Wildman–Crippen MR) is 228 cm³/mol. The summed E-state index contributed by atoms with van der Waals surface area (Å²) in [5.74, 6) is 0.934. The van der Waals surface area contributed by atoms with Crippen LogP contribution < -0.4 is 10.6 Å². The third kappa shape index (κ3) is 31.3. The molecule has 3 unspecified atom stereocenters. The van der Waals surface area contributed by atoms with E-state index in [1.54, 1.807) is 0 Å². The van der Waals surface area contributed by atoms with Crippen molar-refractivity contribution >= 4 is 17.9 Å². The summed E-state index contributed by atoms with van der Waals surface area (Å²) in [6, 6.07) is 10.3. The minimum Gasteiger partial charge on any atom is -0.466 e. The largest absolute Gasteiger partial charge is 0.466 e. The van der Waals surface area contributed by atoms with Gasteiger partial charge in [-0.05, 0) is 95.3 Å². The summed E-state index contributed by atoms with van der Waals surface area (Å²) in [4.78, 5) is 36.6. The molecule has 0 saturated carbocycles. The van der Waals surface area contributed by atoms with Gasteiger partial charge in [0.1, 0.15) is 6.61 Å². The Kier molecular flexibility index (Phi) is 34.2. The fourth-order valence-corrected chi connectivity index (χ4v) is 7.09. The molecule has 1 aromatic carbocycles. The number of carbonyl (C=O) groups is 3. The van der Waals surface area contributed by atoms with Crippen molar-refractivity contribution in [3.05, 3.63) is 35.9 Å². The van der Waals surface area contributed by atoms with Crippen LogP contribution in [0.15, 0.2) is 30.3 Å². The van der Waals surface area contributed by atoms with Gasteiger partial charge >= 0.3 is 17.9 Å². The zero-order valence-electron chi connectivity index (χ0n) is 36.0. The molecule has 0 radical (unpaired) electrons. The normalized spacial score (nSPS) is 12.9. The minimum absolute atomic E-state index is 0.0278. The van der Waals surface area contributed by atoms with Gasteiger partial charge < -0.3 is 24.8 Å². The van der Waals surface area contributed by atoms with Crippen LogP contribution in [-0.2, 0) is 35.2 Å². The smallest absolute Gasteiger partial charge is 0.306 e. The lowest BCUT2D eigenvalue weighted by molar-refractivity contribution is -0.146. The van der Waals surface area contributed by atoms with E-state index >= 15 is 0 Å². The number of carbonyl (C=O) groups excluding carboxylic acids is 3. The fourth-order valence-electron chi connectivity index (χ4n) is 7.09. The number of unbranched alkanes of at least 4 members (excludes halogenated alkanes) is 12. The molecule has 0 aliphatic rings. The first-order valence-corrected chi connectivity index (χ1v) is 22.8. The second-order valence-electron chi connectivity index (χ2n) is 15.8. The molecule has 318 valence electrons. The number of hydrogen-bond acceptors (Lipinski definition) is 8. The van der Waals surface area contributed by atoms with Crippen molar-refractivity contribution < 1.29 is 28.6 Å². The molecule has 1 rings (SSSR count). The average molecular weight is 773 g/mol. The number of esters is 3. The van der Waals surface area contributed by atoms with E-state index in [0.29, 0.717) is 57.0 Å². The molecule has 55 heavy (non-hydrogen) atoms. The van der Waals surface area contributed by atoms with E-state index in [1.807, 2.05) is 37.4 Å². The average Bonchev–Trinajstić information content (AvgIpc) is 3.20. The van der Waals surface area contributed by atoms with Crippen LogP contribution in [-0.4, -0.2) is 57.3 Å². The van der Waals surface area contributed by atoms with Gasteiger partial charge in [0.15, 0.2) is 0 Å². The third-order valence-corrected chi connectivity index (χ3v) is 11.0. The van der Waals surface area contributed by atoms with E-state index in [1.165, 1.54) is 77.0 Å². The van der Waals surface area contributed by atoms with E-state index < -0.39 is 0 Å². The Morgan fingerprint density at radius 3 is 1.67 bits per heavy atom. The summed E-state index contributed by atoms with van der Waals surface area (Å²) in [7, 11) is 1.98. The molecule has 2 N–H and O–H groups in total. The van der Waals surface area contributed by atoms with E-state index in [0.717, 1.165) is 89.3 Å². The lowest BCUT2D eigenvalue weighted by Gasteiger charge is -2.19. The Balaban J connectivity index is 2.26. The molecule has 0 spiro atoms. The maximum Gasteiger partial charge on any atom is 0.306 e. The van der Waals surface area contributed by atoms with E-state index in [2.05, 4.69) is 31.4 Å². The van der Waals surface area contributed by atoms with Gasteiger partial charge in [-0.3, -0.25) is 14.4 Å². The molecule has 0 fully saturated rings. The first kappa shape index (κ1) is 50.6. The van der Waals surface area contributed by atoms with Crippen molar-refractivity contribution in [1.29, 1.82) is 0 Å². The van der Waals surface area contributed by atoms with Crippen molar-refractivity contribution in [2.45, 2.75) is 200 Å². The van der Waals surface area contributed by atoms with E-state index in [9.17, 15) is 14.4 Å². The molecule has 0 saturated heterocycles. The van der Waals surface area contributed by atoms with Crippen LogP contribution in [0.5, 0.6) is 0 Å². The molecule has 0 aliphatic heterocycles. The molecule has 0 aliphatic carbocycles. The summed E-state index contributed by atoms with van der Waals surface area (Å²) in [6.07, 6.45) is 27.2. The van der Waals surface area contributed by atoms with E-state index in [4.69, 9.17) is 14.2 Å². The minimum atomic E-state index is -0.123. The van der Waals surface area contributed by atoms with Crippen molar-refractivity contribution in [2.24, 2.45) is 11.8 Å². The highest BCUT2D eigenvalue weighted by Crippen LogP contribution is 2.18. The summed E-state index contributed by atoms with van der Waals surface area (Å²) < 4.78 is 16.5. The van der Waals surface area contributed by atoms with E-state index in [-0.39, 0.29) is 17.9 Å². The summed E-state index contributed by atoms with van der Waals surface area (Å²) in [6.45, 7) is 10.0. The third-order valence-electron chi connectivity index (χ3n) is 11.0. The molecule has 8 heteroatoms. The molecular formula is C47H84N2O6. The number of nitrogens with one attached hydrogen (secondary N) is 2. The van der Waals surface area contributed by atoms with Gasteiger partial charge in [-0.25, -0.2) is 0 Å². The van der Waals surface area contributed by atoms with Crippen molar-refractivity contribution in [1.82, 2.24) is 10.6 Å². The molecule has 1 aromatic rings. The van der Waals surface area contributed by atoms with Gasteiger partial charge in [-0.1, -0.05) is 141 Å². The number of benzene rings is 1. The maximum atomic E-state index is 12.2. The molecule has 8 nitrogen and oxygen atoms in total. The highest BCUT2D eigenvalue weighted by atomic mass is 16.5. The number of ether oxygens (including phenoxy) is 3. The lowest BCUT2D eigenvalue weighted by atomic mass is 9.99. The standard InChI is InChI=1S/C47H84N2O6/c1-5-8-26-42(7-3)39-54-46(51)32-23-16-12-10-14-21-30-44(49-36-25-24-33-47(52)55-40-43-27-18-17-19-28-43)29-20-13-9-11-15-22-31-45(50)53-38-35-41(6-2)34-37-48-4/h17-19,27-28,41-42,44,48-49H,5-16,20-26,29-40H2,1-4H3. The highest BCUT2D eigenvalue weighted by molar-refractivity contribution is 5.69. The van der Waals surface area contributed by atoms with Gasteiger partial charge in [-0.15, -0.1) is 0 Å². The Bertz CT molecular complexity index is 1040. The van der Waals surface area contributed by atoms with Gasteiger partial charge in [0.05, 0.1) is 13.2 Å². The number of hydrogen-bond donors (Lipinski definition) is 2. The highest BCUT2D eigenvalue weighted by Gasteiger charge is 2.12. The van der Waals surface area contributed by atoms with Crippen molar-refractivity contribution in [3.8, 4) is 0 Å². The second-order valence-corrected chi connectivity index (χ2v) is 15.8. The topological polar surface area (TPSA) is 103 Å². The molecule has 0 amide bonds. The van der Waals surface area contributed by atoms with Crippen LogP contribution >= 0.6 is 0 Å². The van der Waals surface area contributed by atoms with Crippen LogP contribution in [0.1, 0.15) is 193 Å². The monoisotopic (exact) mass is 773 g/mol. The molecule has 0 bridgehead atoms. The lowest BCUT2D eigenvalue weighted by Crippen LogP contribution is -2.30. The quantitative estimate of drug-likeness (QED) is 0.0387. The summed E-state index contributed by atoms with van der Waals surface area (Å²) in [5.41, 5.74) is 1.02. The second kappa shape index (κ2) is 37.1. The van der Waals surface area contributed by atoms with Crippen molar-refractivity contribution in [3.63, 3.8) is 0 Å². The van der Waals surface area contributed by atoms with Gasteiger partial charge in [0, 0.05) is 25.3 Å². The fraction of sp³-hybridized carbons (Fsp3) is 0.809. The Hall–Kier alpha value is -2.45. The van der Waals surface area contributed by atoms with Crippen LogP contribution in [0.3, 0.4) is 0 Å². The van der Waals surface area contributed by atoms with Crippen LogP contribution in [0.2, 0.25) is 0 Å². The Morgan fingerprint density at radius 2 is 1.09 bits per heavy atom. The van der Waals surface area contributed by atoms with Crippen LogP contribution in [0.4, 0.5) is 0 Å². The molecule has 0 heterocycles. The van der Waals surface area contributed by atoms with Gasteiger partial charge in [0.2, 0.25) is 0 Å². The van der Waals surface area contributed by atoms with Crippen molar-refractivity contribution in [2.75, 3.05) is 33.4 Å². The first-order valence-electron chi connectivity index (χ1n) is 22.8. The zero-order chi connectivity index (χ0) is 40.0. The summed E-state index contributed by atoms with van der Waals surface area (Å²) >= 11 is 0.